The Kier molecular flexibility index (Phi) is 4.65. The molecule has 4 rings (SSSR count). The lowest BCUT2D eigenvalue weighted by Gasteiger charge is -2.10. The van der Waals surface area contributed by atoms with Gasteiger partial charge in [0.25, 0.3) is 5.91 Å². The van der Waals surface area contributed by atoms with E-state index in [9.17, 15) is 4.79 Å². The van der Waals surface area contributed by atoms with E-state index in [4.69, 9.17) is 27.9 Å². The SMILES string of the molecule is COc1ccc(/C=C2/C(=O)Nc3ccc(Cl)cc32)c(-c2ccc(Cl)cc2)c1. The summed E-state index contributed by atoms with van der Waals surface area (Å²) in [5.74, 6) is 0.589. The smallest absolute Gasteiger partial charge is 0.256 e. The second kappa shape index (κ2) is 7.10. The molecule has 1 heterocycles. The lowest BCUT2D eigenvalue weighted by atomic mass is 9.96. The zero-order valence-corrected chi connectivity index (χ0v) is 15.9. The van der Waals surface area contributed by atoms with Crippen LogP contribution in [0.25, 0.3) is 22.8 Å². The number of halogens is 2. The van der Waals surface area contributed by atoms with Crippen molar-refractivity contribution in [1.82, 2.24) is 0 Å². The maximum Gasteiger partial charge on any atom is 0.256 e. The van der Waals surface area contributed by atoms with Crippen molar-refractivity contribution in [3.63, 3.8) is 0 Å². The minimum absolute atomic E-state index is 0.148. The number of methoxy groups -OCH3 is 1. The lowest BCUT2D eigenvalue weighted by molar-refractivity contribution is -0.110. The standard InChI is InChI=1S/C22H15Cl2NO2/c1-27-17-8-4-14(18(12-17)13-2-5-15(23)6-3-13)10-20-19-11-16(24)7-9-21(19)25-22(20)26/h2-12H,1H3,(H,25,26)/b20-10+. The molecule has 1 aliphatic rings. The average molecular weight is 396 g/mol. The van der Waals surface area contributed by atoms with Gasteiger partial charge in [0.1, 0.15) is 5.75 Å². The van der Waals surface area contributed by atoms with Crippen LogP contribution in [0, 0.1) is 0 Å². The van der Waals surface area contributed by atoms with Crippen molar-refractivity contribution in [2.45, 2.75) is 0 Å². The molecule has 1 N–H and O–H groups in total. The molecule has 0 saturated heterocycles. The predicted molar refractivity (Wildman–Crippen MR) is 111 cm³/mol. The average Bonchev–Trinajstić information content (AvgIpc) is 2.97. The van der Waals surface area contributed by atoms with E-state index in [-0.39, 0.29) is 5.91 Å². The molecule has 0 aromatic heterocycles. The molecule has 3 aromatic rings. The third-order valence-corrected chi connectivity index (χ3v) is 4.97. The molecule has 5 heteroatoms. The molecule has 1 amide bonds. The highest BCUT2D eigenvalue weighted by molar-refractivity contribution is 6.37. The molecule has 0 saturated carbocycles. The largest absolute Gasteiger partial charge is 0.497 e. The summed E-state index contributed by atoms with van der Waals surface area (Å²) < 4.78 is 5.37. The lowest BCUT2D eigenvalue weighted by Crippen LogP contribution is -2.03. The van der Waals surface area contributed by atoms with Crippen LogP contribution in [0.4, 0.5) is 5.69 Å². The van der Waals surface area contributed by atoms with Crippen molar-refractivity contribution in [2.24, 2.45) is 0 Å². The Morgan fingerprint density at radius 1 is 0.889 bits per heavy atom. The van der Waals surface area contributed by atoms with Crippen molar-refractivity contribution in [3.8, 4) is 16.9 Å². The van der Waals surface area contributed by atoms with Gasteiger partial charge in [-0.1, -0.05) is 41.4 Å². The Balaban J connectivity index is 1.88. The Hall–Kier alpha value is -2.75. The normalized spacial score (nSPS) is 14.2. The zero-order chi connectivity index (χ0) is 19.0. The topological polar surface area (TPSA) is 38.3 Å². The van der Waals surface area contributed by atoms with Gasteiger partial charge in [0.2, 0.25) is 0 Å². The molecule has 0 bridgehead atoms. The van der Waals surface area contributed by atoms with Crippen molar-refractivity contribution in [1.29, 1.82) is 0 Å². The Bertz CT molecular complexity index is 1070. The van der Waals surface area contributed by atoms with Gasteiger partial charge in [-0.15, -0.1) is 0 Å². The molecule has 3 aromatic carbocycles. The quantitative estimate of drug-likeness (QED) is 0.539. The van der Waals surface area contributed by atoms with E-state index >= 15 is 0 Å². The van der Waals surface area contributed by atoms with E-state index < -0.39 is 0 Å². The number of ether oxygens (including phenoxy) is 1. The molecule has 0 fully saturated rings. The number of fused-ring (bicyclic) bond motifs is 1. The first-order valence-electron chi connectivity index (χ1n) is 8.32. The molecule has 0 spiro atoms. The fourth-order valence-corrected chi connectivity index (χ4v) is 3.42. The van der Waals surface area contributed by atoms with Crippen LogP contribution in [0.1, 0.15) is 11.1 Å². The van der Waals surface area contributed by atoms with Gasteiger partial charge in [-0.3, -0.25) is 4.79 Å². The molecule has 1 aliphatic heterocycles. The number of amides is 1. The van der Waals surface area contributed by atoms with E-state index in [1.807, 2.05) is 54.6 Å². The maximum atomic E-state index is 12.5. The van der Waals surface area contributed by atoms with Gasteiger partial charge < -0.3 is 10.1 Å². The van der Waals surface area contributed by atoms with Crippen LogP contribution in [-0.2, 0) is 4.79 Å². The van der Waals surface area contributed by atoms with E-state index in [1.165, 1.54) is 0 Å². The molecular formula is C22H15Cl2NO2. The van der Waals surface area contributed by atoms with Gasteiger partial charge in [-0.2, -0.15) is 0 Å². The van der Waals surface area contributed by atoms with Crippen LogP contribution in [0.3, 0.4) is 0 Å². The highest BCUT2D eigenvalue weighted by Crippen LogP contribution is 2.37. The fourth-order valence-electron chi connectivity index (χ4n) is 3.13. The summed E-state index contributed by atoms with van der Waals surface area (Å²) in [6.07, 6.45) is 1.88. The summed E-state index contributed by atoms with van der Waals surface area (Å²) in [5.41, 5.74) is 4.96. The number of anilines is 1. The Morgan fingerprint density at radius 2 is 1.63 bits per heavy atom. The van der Waals surface area contributed by atoms with Crippen molar-refractivity contribution in [2.75, 3.05) is 12.4 Å². The predicted octanol–water partition coefficient (Wildman–Crippen LogP) is 6.16. The van der Waals surface area contributed by atoms with Crippen molar-refractivity contribution < 1.29 is 9.53 Å². The van der Waals surface area contributed by atoms with E-state index in [2.05, 4.69) is 5.32 Å². The van der Waals surface area contributed by atoms with Crippen LogP contribution in [0.2, 0.25) is 10.0 Å². The highest BCUT2D eigenvalue weighted by atomic mass is 35.5. The van der Waals surface area contributed by atoms with Crippen LogP contribution in [-0.4, -0.2) is 13.0 Å². The van der Waals surface area contributed by atoms with Crippen molar-refractivity contribution in [3.05, 3.63) is 81.8 Å². The van der Waals surface area contributed by atoms with E-state index in [0.29, 0.717) is 15.6 Å². The first kappa shape index (κ1) is 17.7. The first-order chi connectivity index (χ1) is 13.0. The number of carbonyl (C=O) groups is 1. The number of benzene rings is 3. The second-order valence-electron chi connectivity index (χ2n) is 6.16. The summed E-state index contributed by atoms with van der Waals surface area (Å²) in [5, 5.41) is 4.13. The number of carbonyl (C=O) groups excluding carboxylic acids is 1. The molecule has 0 radical (unpaired) electrons. The van der Waals surface area contributed by atoms with Gasteiger partial charge in [0.15, 0.2) is 0 Å². The fraction of sp³-hybridized carbons (Fsp3) is 0.0455. The third-order valence-electron chi connectivity index (χ3n) is 4.48. The van der Waals surface area contributed by atoms with Gasteiger partial charge >= 0.3 is 0 Å². The Labute approximate surface area is 167 Å². The number of nitrogens with one attached hydrogen (secondary N) is 1. The molecule has 27 heavy (non-hydrogen) atoms. The zero-order valence-electron chi connectivity index (χ0n) is 14.4. The summed E-state index contributed by atoms with van der Waals surface area (Å²) in [7, 11) is 1.63. The first-order valence-corrected chi connectivity index (χ1v) is 9.08. The summed E-state index contributed by atoms with van der Waals surface area (Å²) in [4.78, 5) is 12.5. The van der Waals surface area contributed by atoms with Crippen LogP contribution in [0.5, 0.6) is 5.75 Å². The minimum Gasteiger partial charge on any atom is -0.497 e. The number of hydrogen-bond donors (Lipinski definition) is 1. The number of hydrogen-bond acceptors (Lipinski definition) is 2. The van der Waals surface area contributed by atoms with Gasteiger partial charge in [0.05, 0.1) is 7.11 Å². The van der Waals surface area contributed by atoms with Crippen LogP contribution < -0.4 is 10.1 Å². The molecule has 0 atom stereocenters. The van der Waals surface area contributed by atoms with Crippen LogP contribution in [0.15, 0.2) is 60.7 Å². The minimum atomic E-state index is -0.148. The molecule has 3 nitrogen and oxygen atoms in total. The molecule has 134 valence electrons. The third kappa shape index (κ3) is 3.44. The number of rotatable bonds is 3. The maximum absolute atomic E-state index is 12.5. The van der Waals surface area contributed by atoms with Gasteiger partial charge in [-0.05, 0) is 65.2 Å². The van der Waals surface area contributed by atoms with Gasteiger partial charge in [0, 0.05) is 26.9 Å². The van der Waals surface area contributed by atoms with Gasteiger partial charge in [-0.25, -0.2) is 0 Å². The highest BCUT2D eigenvalue weighted by Gasteiger charge is 2.24. The Morgan fingerprint density at radius 3 is 2.37 bits per heavy atom. The monoisotopic (exact) mass is 395 g/mol. The second-order valence-corrected chi connectivity index (χ2v) is 7.03. The van der Waals surface area contributed by atoms with E-state index in [0.717, 1.165) is 33.7 Å². The molecule has 0 aliphatic carbocycles. The van der Waals surface area contributed by atoms with Crippen molar-refractivity contribution >= 4 is 46.4 Å². The summed E-state index contributed by atoms with van der Waals surface area (Å²) in [6, 6.07) is 18.7. The summed E-state index contributed by atoms with van der Waals surface area (Å²) in [6.45, 7) is 0. The van der Waals surface area contributed by atoms with Crippen LogP contribution >= 0.6 is 23.2 Å². The molecule has 0 unspecified atom stereocenters. The molecular weight excluding hydrogens is 381 g/mol. The summed E-state index contributed by atoms with van der Waals surface area (Å²) >= 11 is 12.1. The van der Waals surface area contributed by atoms with E-state index in [1.54, 1.807) is 19.2 Å².